The zero-order valence-corrected chi connectivity index (χ0v) is 16.2. The highest BCUT2D eigenvalue weighted by molar-refractivity contribution is 5.75. The maximum atomic E-state index is 12.3. The van der Waals surface area contributed by atoms with E-state index in [0.717, 1.165) is 30.3 Å². The van der Waals surface area contributed by atoms with Gasteiger partial charge in [-0.2, -0.15) is 5.26 Å². The summed E-state index contributed by atoms with van der Waals surface area (Å²) in [5.41, 5.74) is 1.54. The van der Waals surface area contributed by atoms with Crippen molar-refractivity contribution in [2.75, 3.05) is 13.1 Å². The molecular weight excluding hydrogens is 328 g/mol. The summed E-state index contributed by atoms with van der Waals surface area (Å²) in [6, 6.07) is 8.10. The molecule has 0 radical (unpaired) electrons. The van der Waals surface area contributed by atoms with Crippen LogP contribution in [0, 0.1) is 11.3 Å². The monoisotopic (exact) mass is 356 g/mol. The molecule has 1 aromatic carbocycles. The van der Waals surface area contributed by atoms with Crippen LogP contribution in [0.4, 0.5) is 4.79 Å². The normalized spacial score (nSPS) is 16.7. The molecule has 140 valence electrons. The van der Waals surface area contributed by atoms with E-state index in [4.69, 9.17) is 4.74 Å². The Bertz CT molecular complexity index is 705. The average molecular weight is 356 g/mol. The topological polar surface area (TPSA) is 70.4 Å². The Morgan fingerprint density at radius 3 is 2.50 bits per heavy atom. The van der Waals surface area contributed by atoms with Crippen molar-refractivity contribution >= 4 is 12.4 Å². The maximum absolute atomic E-state index is 12.3. The summed E-state index contributed by atoms with van der Waals surface area (Å²) in [7, 11) is 0. The summed E-state index contributed by atoms with van der Waals surface area (Å²) in [5.74, 6) is 0. The van der Waals surface area contributed by atoms with Gasteiger partial charge in [-0.1, -0.05) is 25.5 Å². The van der Waals surface area contributed by atoms with Gasteiger partial charge in [-0.25, -0.2) is 4.79 Å². The fraction of sp³-hybridized carbons (Fsp3) is 0.571. The molecule has 0 saturated carbocycles. The Morgan fingerprint density at radius 1 is 1.35 bits per heavy atom. The van der Waals surface area contributed by atoms with Gasteiger partial charge in [0.25, 0.3) is 0 Å². The van der Waals surface area contributed by atoms with Crippen molar-refractivity contribution in [1.82, 2.24) is 4.90 Å². The Kier molecular flexibility index (Phi) is 6.07. The molecule has 5 nitrogen and oxygen atoms in total. The molecule has 1 fully saturated rings. The van der Waals surface area contributed by atoms with E-state index < -0.39 is 11.0 Å². The predicted octanol–water partition coefficient (Wildman–Crippen LogP) is 4.24. The van der Waals surface area contributed by atoms with Crippen LogP contribution >= 0.6 is 0 Å². The van der Waals surface area contributed by atoms with E-state index in [0.29, 0.717) is 31.5 Å². The third-order valence-corrected chi connectivity index (χ3v) is 4.78. The smallest absolute Gasteiger partial charge is 0.410 e. The van der Waals surface area contributed by atoms with Gasteiger partial charge in [0.15, 0.2) is 0 Å². The molecule has 1 saturated heterocycles. The second-order valence-corrected chi connectivity index (χ2v) is 7.95. The molecule has 0 unspecified atom stereocenters. The number of ether oxygens (including phenoxy) is 1. The SMILES string of the molecule is CCCc1cc(C=O)ccc1C1(C#N)CCN(C(=O)OC(C)(C)C)CC1. The minimum absolute atomic E-state index is 0.325. The fourth-order valence-electron chi connectivity index (χ4n) is 3.47. The minimum Gasteiger partial charge on any atom is -0.444 e. The number of hydrogen-bond acceptors (Lipinski definition) is 4. The zero-order valence-electron chi connectivity index (χ0n) is 16.2. The van der Waals surface area contributed by atoms with Crippen LogP contribution in [0.2, 0.25) is 0 Å². The first kappa shape index (κ1) is 20.0. The van der Waals surface area contributed by atoms with Crippen LogP contribution in [0.25, 0.3) is 0 Å². The largest absolute Gasteiger partial charge is 0.444 e. The van der Waals surface area contributed by atoms with Crippen LogP contribution in [-0.4, -0.2) is 36.0 Å². The molecule has 1 amide bonds. The number of amides is 1. The quantitative estimate of drug-likeness (QED) is 0.756. The van der Waals surface area contributed by atoms with Crippen molar-refractivity contribution in [3.63, 3.8) is 0 Å². The third-order valence-electron chi connectivity index (χ3n) is 4.78. The van der Waals surface area contributed by atoms with Gasteiger partial charge in [0.1, 0.15) is 11.9 Å². The Balaban J connectivity index is 2.23. The highest BCUT2D eigenvalue weighted by atomic mass is 16.6. The van der Waals surface area contributed by atoms with Crippen LogP contribution in [0.3, 0.4) is 0 Å². The van der Waals surface area contributed by atoms with E-state index in [1.165, 1.54) is 0 Å². The van der Waals surface area contributed by atoms with E-state index >= 15 is 0 Å². The molecule has 1 heterocycles. The van der Waals surface area contributed by atoms with Gasteiger partial charge in [-0.05, 0) is 57.2 Å². The number of rotatable bonds is 4. The number of likely N-dealkylation sites (tertiary alicyclic amines) is 1. The summed E-state index contributed by atoms with van der Waals surface area (Å²) in [5, 5.41) is 9.97. The first-order valence-electron chi connectivity index (χ1n) is 9.22. The van der Waals surface area contributed by atoms with Gasteiger partial charge in [0.05, 0.1) is 11.5 Å². The molecule has 0 bridgehead atoms. The first-order chi connectivity index (χ1) is 12.2. The van der Waals surface area contributed by atoms with Crippen LogP contribution < -0.4 is 0 Å². The fourth-order valence-corrected chi connectivity index (χ4v) is 3.47. The standard InChI is InChI=1S/C21H28N2O3/c1-5-6-17-13-16(14-24)7-8-18(17)21(15-22)9-11-23(12-10-21)19(25)26-20(2,3)4/h7-8,13-14H,5-6,9-12H2,1-4H3. The molecule has 0 N–H and O–H groups in total. The summed E-state index contributed by atoms with van der Waals surface area (Å²) >= 11 is 0. The van der Waals surface area contributed by atoms with Crippen molar-refractivity contribution in [1.29, 1.82) is 5.26 Å². The molecule has 2 rings (SSSR count). The lowest BCUT2D eigenvalue weighted by Crippen LogP contribution is -2.46. The van der Waals surface area contributed by atoms with Gasteiger partial charge < -0.3 is 9.64 Å². The Hall–Kier alpha value is -2.35. The van der Waals surface area contributed by atoms with Crippen molar-refractivity contribution in [3.8, 4) is 6.07 Å². The number of benzene rings is 1. The second kappa shape index (κ2) is 7.90. The van der Waals surface area contributed by atoms with Crippen molar-refractivity contribution in [3.05, 3.63) is 34.9 Å². The number of piperidine rings is 1. The van der Waals surface area contributed by atoms with Gasteiger partial charge in [-0.3, -0.25) is 4.79 Å². The molecule has 1 aliphatic heterocycles. The molecule has 0 atom stereocenters. The predicted molar refractivity (Wildman–Crippen MR) is 100 cm³/mol. The maximum Gasteiger partial charge on any atom is 0.410 e. The molecule has 26 heavy (non-hydrogen) atoms. The highest BCUT2D eigenvalue weighted by Crippen LogP contribution is 2.38. The number of nitrogens with zero attached hydrogens (tertiary/aromatic N) is 2. The second-order valence-electron chi connectivity index (χ2n) is 7.95. The van der Waals surface area contributed by atoms with Crippen LogP contribution in [0.1, 0.15) is 68.4 Å². The lowest BCUT2D eigenvalue weighted by Gasteiger charge is -2.39. The van der Waals surface area contributed by atoms with E-state index in [2.05, 4.69) is 13.0 Å². The number of aldehydes is 1. The van der Waals surface area contributed by atoms with Gasteiger partial charge in [0, 0.05) is 18.7 Å². The van der Waals surface area contributed by atoms with E-state index in [1.54, 1.807) is 11.0 Å². The van der Waals surface area contributed by atoms with E-state index in [9.17, 15) is 14.9 Å². The molecule has 0 spiro atoms. The van der Waals surface area contributed by atoms with Crippen molar-refractivity contribution in [2.45, 2.75) is 64.4 Å². The highest BCUT2D eigenvalue weighted by Gasteiger charge is 2.40. The Morgan fingerprint density at radius 2 is 2.00 bits per heavy atom. The van der Waals surface area contributed by atoms with E-state index in [1.807, 2.05) is 32.9 Å². The van der Waals surface area contributed by atoms with Crippen molar-refractivity contribution in [2.24, 2.45) is 0 Å². The zero-order chi connectivity index (χ0) is 19.4. The number of hydrogen-bond donors (Lipinski definition) is 0. The minimum atomic E-state index is -0.621. The van der Waals surface area contributed by atoms with Crippen LogP contribution in [-0.2, 0) is 16.6 Å². The molecule has 0 aromatic heterocycles. The number of carbonyl (C=O) groups excluding carboxylic acids is 2. The first-order valence-corrected chi connectivity index (χ1v) is 9.22. The molecular formula is C21H28N2O3. The summed E-state index contributed by atoms with van der Waals surface area (Å²) in [4.78, 5) is 25.1. The van der Waals surface area contributed by atoms with Gasteiger partial charge in [0.2, 0.25) is 0 Å². The summed E-state index contributed by atoms with van der Waals surface area (Å²) in [6.07, 6.45) is 3.43. The van der Waals surface area contributed by atoms with Crippen LogP contribution in [0.5, 0.6) is 0 Å². The van der Waals surface area contributed by atoms with Gasteiger partial charge in [-0.15, -0.1) is 0 Å². The van der Waals surface area contributed by atoms with Crippen molar-refractivity contribution < 1.29 is 14.3 Å². The summed E-state index contributed by atoms with van der Waals surface area (Å²) < 4.78 is 5.44. The number of nitriles is 1. The lowest BCUT2D eigenvalue weighted by atomic mass is 9.71. The molecule has 1 aromatic rings. The molecule has 0 aliphatic carbocycles. The van der Waals surface area contributed by atoms with Gasteiger partial charge >= 0.3 is 6.09 Å². The average Bonchev–Trinajstić information content (AvgIpc) is 2.60. The number of aryl methyl sites for hydroxylation is 1. The van der Waals surface area contributed by atoms with E-state index in [-0.39, 0.29) is 6.09 Å². The number of carbonyl (C=O) groups is 2. The molecule has 5 heteroatoms. The van der Waals surface area contributed by atoms with Crippen LogP contribution in [0.15, 0.2) is 18.2 Å². The third kappa shape index (κ3) is 4.43. The Labute approximate surface area is 155 Å². The lowest BCUT2D eigenvalue weighted by molar-refractivity contribution is 0.0185. The summed E-state index contributed by atoms with van der Waals surface area (Å²) in [6.45, 7) is 8.61. The molecule has 1 aliphatic rings.